The van der Waals surface area contributed by atoms with E-state index in [-0.39, 0.29) is 23.3 Å². The van der Waals surface area contributed by atoms with Gasteiger partial charge in [-0.25, -0.2) is 0 Å². The molecule has 2 atom stereocenters. The molecule has 0 bridgehead atoms. The lowest BCUT2D eigenvalue weighted by molar-refractivity contribution is -0.0881. The summed E-state index contributed by atoms with van der Waals surface area (Å²) in [4.78, 5) is 12.5. The van der Waals surface area contributed by atoms with Crippen molar-refractivity contribution in [1.82, 2.24) is 5.32 Å². The molecule has 2 aliphatic rings. The Morgan fingerprint density at radius 2 is 2.32 bits per heavy atom. The number of phenolic OH excluding ortho intramolecular Hbond substituents is 1. The summed E-state index contributed by atoms with van der Waals surface area (Å²) in [7, 11) is 0. The van der Waals surface area contributed by atoms with E-state index in [9.17, 15) is 9.90 Å². The Kier molecular flexibility index (Phi) is 4.36. The lowest BCUT2D eigenvalue weighted by Crippen LogP contribution is -2.49. The van der Waals surface area contributed by atoms with Gasteiger partial charge >= 0.3 is 0 Å². The Morgan fingerprint density at radius 3 is 3.05 bits per heavy atom. The van der Waals surface area contributed by atoms with Crippen LogP contribution >= 0.6 is 0 Å². The zero-order valence-corrected chi connectivity index (χ0v) is 12.9. The summed E-state index contributed by atoms with van der Waals surface area (Å²) in [6.45, 7) is 3.92. The molecule has 2 aliphatic heterocycles. The maximum Gasteiger partial charge on any atom is 0.255 e. The van der Waals surface area contributed by atoms with E-state index in [4.69, 9.17) is 9.47 Å². The van der Waals surface area contributed by atoms with Gasteiger partial charge in [0.2, 0.25) is 0 Å². The minimum absolute atomic E-state index is 0.0626. The number of carbonyl (C=O) groups excluding carboxylic acids is 1. The normalized spacial score (nSPS) is 28.0. The number of hydrogen-bond donors (Lipinski definition) is 2. The third-order valence-electron chi connectivity index (χ3n) is 4.64. The van der Waals surface area contributed by atoms with E-state index in [1.807, 2.05) is 19.1 Å². The molecule has 5 heteroatoms. The topological polar surface area (TPSA) is 67.8 Å². The number of aromatic hydroxyl groups is 1. The van der Waals surface area contributed by atoms with E-state index >= 15 is 0 Å². The predicted octanol–water partition coefficient (Wildman–Crippen LogP) is 2.02. The molecule has 22 heavy (non-hydrogen) atoms. The molecule has 0 unspecified atom stereocenters. The number of hydrogen-bond acceptors (Lipinski definition) is 4. The van der Waals surface area contributed by atoms with Gasteiger partial charge in [0.25, 0.3) is 5.91 Å². The summed E-state index contributed by atoms with van der Waals surface area (Å²) in [5.74, 6) is -0.123. The van der Waals surface area contributed by atoms with Gasteiger partial charge in [-0.15, -0.1) is 0 Å². The van der Waals surface area contributed by atoms with Crippen LogP contribution in [0.4, 0.5) is 0 Å². The van der Waals surface area contributed by atoms with Crippen LogP contribution in [0.15, 0.2) is 18.2 Å². The lowest BCUT2D eigenvalue weighted by Gasteiger charge is -2.37. The van der Waals surface area contributed by atoms with E-state index in [1.165, 1.54) is 0 Å². The van der Waals surface area contributed by atoms with Gasteiger partial charge in [-0.1, -0.05) is 19.1 Å². The minimum atomic E-state index is -0.233. The average Bonchev–Trinajstić information content (AvgIpc) is 2.95. The maximum atomic E-state index is 12.5. The Balaban J connectivity index is 1.69. The predicted molar refractivity (Wildman–Crippen MR) is 82.1 cm³/mol. The van der Waals surface area contributed by atoms with Crippen molar-refractivity contribution in [1.29, 1.82) is 0 Å². The van der Waals surface area contributed by atoms with Crippen molar-refractivity contribution in [3.05, 3.63) is 29.3 Å². The number of nitrogens with one attached hydrogen (secondary N) is 1. The van der Waals surface area contributed by atoms with Crippen LogP contribution in [0.2, 0.25) is 0 Å². The molecule has 2 N–H and O–H groups in total. The molecule has 0 aromatic heterocycles. The summed E-state index contributed by atoms with van der Waals surface area (Å²) in [6.07, 6.45) is 3.15. The molecule has 120 valence electrons. The Labute approximate surface area is 130 Å². The average molecular weight is 305 g/mol. The number of aryl methyl sites for hydroxylation is 1. The number of ether oxygens (including phenoxy) is 2. The highest BCUT2D eigenvalue weighted by atomic mass is 16.6. The molecule has 1 spiro atoms. The Hall–Kier alpha value is -1.59. The van der Waals surface area contributed by atoms with Gasteiger partial charge in [0, 0.05) is 25.7 Å². The van der Waals surface area contributed by atoms with Gasteiger partial charge in [-0.05, 0) is 30.9 Å². The molecule has 2 heterocycles. The van der Waals surface area contributed by atoms with Gasteiger partial charge < -0.3 is 19.9 Å². The van der Waals surface area contributed by atoms with Gasteiger partial charge in [0.05, 0.1) is 17.8 Å². The number of carbonyl (C=O) groups is 1. The van der Waals surface area contributed by atoms with Crippen LogP contribution in [-0.4, -0.2) is 42.5 Å². The number of benzene rings is 1. The highest BCUT2D eigenvalue weighted by Crippen LogP contribution is 2.33. The first kappa shape index (κ1) is 15.3. The fourth-order valence-corrected chi connectivity index (χ4v) is 3.34. The number of phenols is 1. The van der Waals surface area contributed by atoms with Gasteiger partial charge in [0.1, 0.15) is 5.75 Å². The van der Waals surface area contributed by atoms with Crippen molar-refractivity contribution in [2.24, 2.45) is 0 Å². The fourth-order valence-electron chi connectivity index (χ4n) is 3.34. The molecule has 1 aromatic carbocycles. The molecule has 2 saturated heterocycles. The zero-order valence-electron chi connectivity index (χ0n) is 12.9. The van der Waals surface area contributed by atoms with Crippen molar-refractivity contribution in [2.45, 2.75) is 44.2 Å². The van der Waals surface area contributed by atoms with Crippen molar-refractivity contribution in [2.75, 3.05) is 19.8 Å². The summed E-state index contributed by atoms with van der Waals surface area (Å²) < 4.78 is 11.3. The quantitative estimate of drug-likeness (QED) is 0.896. The van der Waals surface area contributed by atoms with E-state index in [0.29, 0.717) is 25.2 Å². The Bertz CT molecular complexity index is 552. The smallest absolute Gasteiger partial charge is 0.255 e. The first-order chi connectivity index (χ1) is 10.6. The largest absolute Gasteiger partial charge is 0.507 e. The SMILES string of the molecule is CCc1cccc(C(=O)N[C@@H]2CCO[C@]3(CCOC3)C2)c1O. The minimum Gasteiger partial charge on any atom is -0.507 e. The lowest BCUT2D eigenvalue weighted by atomic mass is 9.89. The van der Waals surface area contributed by atoms with Crippen LogP contribution in [0, 0.1) is 0 Å². The van der Waals surface area contributed by atoms with Crippen LogP contribution in [0.1, 0.15) is 42.1 Å². The maximum absolute atomic E-state index is 12.5. The van der Waals surface area contributed by atoms with E-state index in [1.54, 1.807) is 6.07 Å². The molecule has 0 aliphatic carbocycles. The molecule has 2 fully saturated rings. The van der Waals surface area contributed by atoms with Crippen LogP contribution in [0.25, 0.3) is 0 Å². The molecular formula is C17H23NO4. The highest BCUT2D eigenvalue weighted by molar-refractivity contribution is 5.97. The zero-order chi connectivity index (χ0) is 15.6. The second-order valence-electron chi connectivity index (χ2n) is 6.16. The Morgan fingerprint density at radius 1 is 1.45 bits per heavy atom. The van der Waals surface area contributed by atoms with Gasteiger partial charge in [-0.2, -0.15) is 0 Å². The molecule has 0 saturated carbocycles. The van der Waals surface area contributed by atoms with E-state index in [0.717, 1.165) is 31.4 Å². The van der Waals surface area contributed by atoms with Gasteiger partial charge in [0.15, 0.2) is 0 Å². The van der Waals surface area contributed by atoms with Crippen molar-refractivity contribution in [3.8, 4) is 5.75 Å². The molecule has 0 radical (unpaired) electrons. The van der Waals surface area contributed by atoms with Crippen molar-refractivity contribution in [3.63, 3.8) is 0 Å². The summed E-state index contributed by atoms with van der Waals surface area (Å²) in [5.41, 5.74) is 0.909. The second-order valence-corrected chi connectivity index (χ2v) is 6.16. The van der Waals surface area contributed by atoms with E-state index < -0.39 is 0 Å². The number of para-hydroxylation sites is 1. The molecule has 3 rings (SSSR count). The highest BCUT2D eigenvalue weighted by Gasteiger charge is 2.41. The molecule has 5 nitrogen and oxygen atoms in total. The summed E-state index contributed by atoms with van der Waals surface area (Å²) in [6, 6.07) is 5.37. The van der Waals surface area contributed by atoms with Crippen LogP contribution < -0.4 is 5.32 Å². The third-order valence-corrected chi connectivity index (χ3v) is 4.64. The second kappa shape index (κ2) is 6.26. The summed E-state index contributed by atoms with van der Waals surface area (Å²) in [5, 5.41) is 13.2. The van der Waals surface area contributed by atoms with E-state index in [2.05, 4.69) is 5.32 Å². The molecule has 1 aromatic rings. The number of rotatable bonds is 3. The standard InChI is InChI=1S/C17H23NO4/c1-2-12-4-3-5-14(15(12)19)16(20)18-13-6-8-22-17(10-13)7-9-21-11-17/h3-5,13,19H,2,6-11H2,1H3,(H,18,20)/t13-,17-/m1/s1. The number of amides is 1. The molecule has 1 amide bonds. The van der Waals surface area contributed by atoms with Crippen LogP contribution in [-0.2, 0) is 15.9 Å². The van der Waals surface area contributed by atoms with Crippen molar-refractivity contribution >= 4 is 5.91 Å². The monoisotopic (exact) mass is 305 g/mol. The first-order valence-electron chi connectivity index (χ1n) is 7.97. The van der Waals surface area contributed by atoms with Gasteiger partial charge in [-0.3, -0.25) is 4.79 Å². The van der Waals surface area contributed by atoms with Crippen LogP contribution in [0.3, 0.4) is 0 Å². The third kappa shape index (κ3) is 2.96. The molecular weight excluding hydrogens is 282 g/mol. The first-order valence-corrected chi connectivity index (χ1v) is 7.97. The van der Waals surface area contributed by atoms with Crippen molar-refractivity contribution < 1.29 is 19.4 Å². The summed E-state index contributed by atoms with van der Waals surface area (Å²) >= 11 is 0. The fraction of sp³-hybridized carbons (Fsp3) is 0.588. The van der Waals surface area contributed by atoms with Crippen LogP contribution in [0.5, 0.6) is 5.75 Å².